The number of rotatable bonds is 3. The predicted octanol–water partition coefficient (Wildman–Crippen LogP) is 3.64. The molecule has 1 heterocycles. The first kappa shape index (κ1) is 16.7. The lowest BCUT2D eigenvalue weighted by Gasteiger charge is -2.34. The molecule has 0 spiro atoms. The van der Waals surface area contributed by atoms with Crippen LogP contribution in [0.2, 0.25) is 0 Å². The average molecular weight is 304 g/mol. The summed E-state index contributed by atoms with van der Waals surface area (Å²) in [5.41, 5.74) is 3.43. The summed E-state index contributed by atoms with van der Waals surface area (Å²) in [4.78, 5) is 14.2. The van der Waals surface area contributed by atoms with Gasteiger partial charge in [-0.25, -0.2) is 4.79 Å². The molecule has 2 atom stereocenters. The zero-order chi connectivity index (χ0) is 16.3. The highest BCUT2D eigenvalue weighted by atomic mass is 16.5. The normalized spacial score (nSPS) is 21.6. The van der Waals surface area contributed by atoms with Gasteiger partial charge < -0.3 is 15.0 Å². The minimum atomic E-state index is -0.0265. The van der Waals surface area contributed by atoms with E-state index in [-0.39, 0.29) is 12.8 Å². The van der Waals surface area contributed by atoms with Crippen LogP contribution in [0.1, 0.15) is 37.0 Å². The van der Waals surface area contributed by atoms with Gasteiger partial charge in [0.05, 0.1) is 0 Å². The van der Waals surface area contributed by atoms with Gasteiger partial charge >= 0.3 is 6.03 Å². The number of benzene rings is 1. The maximum absolute atomic E-state index is 12.3. The van der Waals surface area contributed by atoms with Crippen LogP contribution in [0.4, 0.5) is 4.79 Å². The molecule has 2 amide bonds. The Balaban J connectivity index is 1.89. The first-order valence-electron chi connectivity index (χ1n) is 8.10. The van der Waals surface area contributed by atoms with E-state index in [9.17, 15) is 4.79 Å². The number of nitrogens with one attached hydrogen (secondary N) is 1. The van der Waals surface area contributed by atoms with E-state index >= 15 is 0 Å². The van der Waals surface area contributed by atoms with E-state index in [1.165, 1.54) is 12.0 Å². The highest BCUT2D eigenvalue weighted by Crippen LogP contribution is 2.25. The molecule has 1 aliphatic heterocycles. The van der Waals surface area contributed by atoms with Crippen LogP contribution in [0.15, 0.2) is 12.1 Å². The highest BCUT2D eigenvalue weighted by molar-refractivity contribution is 5.74. The van der Waals surface area contributed by atoms with Gasteiger partial charge in [-0.2, -0.15) is 0 Å². The molecule has 2 unspecified atom stereocenters. The fourth-order valence-electron chi connectivity index (χ4n) is 3.26. The number of aryl methyl sites for hydroxylation is 2. The topological polar surface area (TPSA) is 41.6 Å². The number of hydrogen-bond donors (Lipinski definition) is 1. The Morgan fingerprint density at radius 2 is 1.77 bits per heavy atom. The molecule has 1 aromatic carbocycles. The summed E-state index contributed by atoms with van der Waals surface area (Å²) in [6, 6.07) is 4.11. The first-order valence-corrected chi connectivity index (χ1v) is 8.10. The summed E-state index contributed by atoms with van der Waals surface area (Å²) in [7, 11) is 0. The third-order valence-corrected chi connectivity index (χ3v) is 4.47. The maximum Gasteiger partial charge on any atom is 0.320 e. The number of urea groups is 1. The minimum Gasteiger partial charge on any atom is -0.473 e. The first-order chi connectivity index (χ1) is 10.4. The Bertz CT molecular complexity index is 532. The van der Waals surface area contributed by atoms with Crippen molar-refractivity contribution in [1.82, 2.24) is 10.2 Å². The lowest BCUT2D eigenvalue weighted by molar-refractivity contribution is 0.139. The number of nitrogens with zero attached hydrogens (tertiary/aromatic N) is 1. The van der Waals surface area contributed by atoms with Crippen LogP contribution < -0.4 is 10.1 Å². The fraction of sp³-hybridized carbons (Fsp3) is 0.611. The van der Waals surface area contributed by atoms with Crippen molar-refractivity contribution < 1.29 is 9.53 Å². The molecule has 2 rings (SSSR count). The lowest BCUT2D eigenvalue weighted by Crippen LogP contribution is -2.48. The zero-order valence-electron chi connectivity index (χ0n) is 14.4. The third kappa shape index (κ3) is 3.93. The average Bonchev–Trinajstić information content (AvgIpc) is 2.45. The van der Waals surface area contributed by atoms with Crippen molar-refractivity contribution in [3.63, 3.8) is 0 Å². The summed E-state index contributed by atoms with van der Waals surface area (Å²) in [5.74, 6) is 2.01. The fourth-order valence-corrected chi connectivity index (χ4v) is 3.26. The Morgan fingerprint density at radius 1 is 1.18 bits per heavy atom. The van der Waals surface area contributed by atoms with Gasteiger partial charge in [0, 0.05) is 13.1 Å². The molecule has 1 aliphatic rings. The smallest absolute Gasteiger partial charge is 0.320 e. The highest BCUT2D eigenvalue weighted by Gasteiger charge is 2.25. The van der Waals surface area contributed by atoms with E-state index in [1.807, 2.05) is 24.8 Å². The van der Waals surface area contributed by atoms with E-state index in [0.29, 0.717) is 11.8 Å². The van der Waals surface area contributed by atoms with Gasteiger partial charge in [-0.05, 0) is 55.7 Å². The molecule has 1 fully saturated rings. The largest absolute Gasteiger partial charge is 0.473 e. The summed E-state index contributed by atoms with van der Waals surface area (Å²) < 4.78 is 5.80. The van der Waals surface area contributed by atoms with Crippen molar-refractivity contribution in [1.29, 1.82) is 0 Å². The monoisotopic (exact) mass is 304 g/mol. The molecule has 1 aromatic rings. The molecule has 4 heteroatoms. The minimum absolute atomic E-state index is 0.0265. The summed E-state index contributed by atoms with van der Waals surface area (Å²) >= 11 is 0. The Hall–Kier alpha value is -1.71. The number of carbonyl (C=O) groups is 1. The Morgan fingerprint density at radius 3 is 2.41 bits per heavy atom. The quantitative estimate of drug-likeness (QED) is 0.866. The molecule has 0 radical (unpaired) electrons. The number of ether oxygens (including phenoxy) is 1. The third-order valence-electron chi connectivity index (χ3n) is 4.47. The van der Waals surface area contributed by atoms with Gasteiger partial charge in [0.15, 0.2) is 6.73 Å². The molecule has 0 saturated carbocycles. The van der Waals surface area contributed by atoms with Crippen molar-refractivity contribution in [2.45, 2.75) is 41.0 Å². The second-order valence-corrected chi connectivity index (χ2v) is 6.78. The second kappa shape index (κ2) is 7.03. The van der Waals surface area contributed by atoms with E-state index in [0.717, 1.165) is 30.0 Å². The zero-order valence-corrected chi connectivity index (χ0v) is 14.4. The number of carbonyl (C=O) groups excluding carboxylic acids is 1. The van der Waals surface area contributed by atoms with E-state index in [4.69, 9.17) is 4.74 Å². The Kier molecular flexibility index (Phi) is 5.33. The second-order valence-electron chi connectivity index (χ2n) is 6.78. The predicted molar refractivity (Wildman–Crippen MR) is 89.2 cm³/mol. The lowest BCUT2D eigenvalue weighted by atomic mass is 9.92. The van der Waals surface area contributed by atoms with E-state index in [1.54, 1.807) is 0 Å². The number of likely N-dealkylation sites (tertiary alicyclic amines) is 1. The van der Waals surface area contributed by atoms with Crippen LogP contribution in [-0.2, 0) is 0 Å². The molecule has 122 valence electrons. The number of piperidine rings is 1. The number of amides is 2. The van der Waals surface area contributed by atoms with E-state index < -0.39 is 0 Å². The standard InChI is InChI=1S/C18H28N2O2/c1-12-8-13(2)10-20(9-12)18(21)19-11-22-17-15(4)7-6-14(3)16(17)5/h6-7,12-13H,8-11H2,1-5H3,(H,19,21). The van der Waals surface area contributed by atoms with Gasteiger partial charge in [-0.3, -0.25) is 0 Å². The van der Waals surface area contributed by atoms with Gasteiger partial charge in [-0.1, -0.05) is 26.0 Å². The SMILES string of the molecule is Cc1ccc(C)c(OCNC(=O)N2CC(C)CC(C)C2)c1C. The molecule has 0 aromatic heterocycles. The van der Waals surface area contributed by atoms with Gasteiger partial charge in [-0.15, -0.1) is 0 Å². The molecule has 0 bridgehead atoms. The van der Waals surface area contributed by atoms with Crippen molar-refractivity contribution in [2.75, 3.05) is 19.8 Å². The van der Waals surface area contributed by atoms with Crippen LogP contribution in [-0.4, -0.2) is 30.8 Å². The van der Waals surface area contributed by atoms with Crippen LogP contribution >= 0.6 is 0 Å². The van der Waals surface area contributed by atoms with Crippen molar-refractivity contribution in [3.05, 3.63) is 28.8 Å². The molecule has 1 saturated heterocycles. The summed E-state index contributed by atoms with van der Waals surface area (Å²) in [6.45, 7) is 12.4. The molecule has 0 aliphatic carbocycles. The molecular formula is C18H28N2O2. The molecule has 4 nitrogen and oxygen atoms in total. The van der Waals surface area contributed by atoms with Gasteiger partial charge in [0.2, 0.25) is 0 Å². The number of hydrogen-bond acceptors (Lipinski definition) is 2. The summed E-state index contributed by atoms with van der Waals surface area (Å²) in [6.07, 6.45) is 1.20. The van der Waals surface area contributed by atoms with Crippen LogP contribution in [0.25, 0.3) is 0 Å². The Labute approximate surface area is 133 Å². The van der Waals surface area contributed by atoms with Crippen LogP contribution in [0.5, 0.6) is 5.75 Å². The molecule has 22 heavy (non-hydrogen) atoms. The van der Waals surface area contributed by atoms with Crippen LogP contribution in [0, 0.1) is 32.6 Å². The van der Waals surface area contributed by atoms with Crippen LogP contribution in [0.3, 0.4) is 0 Å². The van der Waals surface area contributed by atoms with Crippen molar-refractivity contribution in [2.24, 2.45) is 11.8 Å². The summed E-state index contributed by atoms with van der Waals surface area (Å²) in [5, 5.41) is 2.88. The van der Waals surface area contributed by atoms with Crippen molar-refractivity contribution in [3.8, 4) is 5.75 Å². The van der Waals surface area contributed by atoms with E-state index in [2.05, 4.69) is 32.2 Å². The van der Waals surface area contributed by atoms with Gasteiger partial charge in [0.1, 0.15) is 5.75 Å². The van der Waals surface area contributed by atoms with Crippen molar-refractivity contribution >= 4 is 6.03 Å². The maximum atomic E-state index is 12.3. The molecular weight excluding hydrogens is 276 g/mol. The molecule has 1 N–H and O–H groups in total. The van der Waals surface area contributed by atoms with Gasteiger partial charge in [0.25, 0.3) is 0 Å².